The van der Waals surface area contributed by atoms with E-state index in [1.165, 1.54) is 43.6 Å². The van der Waals surface area contributed by atoms with E-state index < -0.39 is 23.7 Å². The SMILES string of the molecule is C=CN/C=C(C(=O)Nc1cc(C(/C=C\N=C)=NCCOCCNC)c(F)cc1N1CCN(C)C(C)C1)\C(=C/C)C(F)F. The van der Waals surface area contributed by atoms with Gasteiger partial charge in [0.2, 0.25) is 0 Å². The highest BCUT2D eigenvalue weighted by atomic mass is 19.3. The standard InChI is InChI=1S/C30H42F3N7O2/c1-7-22(29(32)33)24(19-36-8-2)30(41)38-27-17-23(26(9-10-34-4)37-12-16-42-15-11-35-5)25(31)18-28(27)40-14-13-39(6)21(3)20-40/h7-10,17-19,21,29,35-36H,2,4,11-16,20H2,1,3,5-6H3,(H,38,41)/b10-9-,22-7+,24-19+,37-26?. The smallest absolute Gasteiger partial charge is 0.264 e. The summed E-state index contributed by atoms with van der Waals surface area (Å²) in [5.41, 5.74) is 0.303. The van der Waals surface area contributed by atoms with Crippen LogP contribution in [0.4, 0.5) is 24.5 Å². The summed E-state index contributed by atoms with van der Waals surface area (Å²) >= 11 is 0. The van der Waals surface area contributed by atoms with E-state index in [2.05, 4.69) is 44.1 Å². The van der Waals surface area contributed by atoms with Gasteiger partial charge >= 0.3 is 0 Å². The first kappa shape index (κ1) is 34.5. The van der Waals surface area contributed by atoms with Crippen molar-refractivity contribution in [3.63, 3.8) is 0 Å². The lowest BCUT2D eigenvalue weighted by atomic mass is 10.0. The monoisotopic (exact) mass is 589 g/mol. The Kier molecular flexibility index (Phi) is 14.7. The third-order valence-corrected chi connectivity index (χ3v) is 6.71. The Hall–Kier alpha value is -3.74. The number of amides is 1. The van der Waals surface area contributed by atoms with Crippen LogP contribution < -0.4 is 20.9 Å². The molecular weight excluding hydrogens is 547 g/mol. The summed E-state index contributed by atoms with van der Waals surface area (Å²) in [6.45, 7) is 14.0. The number of halogens is 3. The van der Waals surface area contributed by atoms with Crippen LogP contribution in [-0.2, 0) is 9.53 Å². The average Bonchev–Trinajstić information content (AvgIpc) is 2.96. The summed E-state index contributed by atoms with van der Waals surface area (Å²) < 4.78 is 48.9. The van der Waals surface area contributed by atoms with Gasteiger partial charge in [0.05, 0.1) is 42.4 Å². The summed E-state index contributed by atoms with van der Waals surface area (Å²) in [7, 11) is 3.83. The first-order valence-electron chi connectivity index (χ1n) is 13.7. The van der Waals surface area contributed by atoms with Crippen molar-refractivity contribution in [2.45, 2.75) is 26.3 Å². The average molecular weight is 590 g/mol. The van der Waals surface area contributed by atoms with Crippen LogP contribution in [0.3, 0.4) is 0 Å². The Labute approximate surface area is 246 Å². The number of nitrogens with one attached hydrogen (secondary N) is 3. The molecule has 0 spiro atoms. The van der Waals surface area contributed by atoms with E-state index in [0.29, 0.717) is 45.1 Å². The van der Waals surface area contributed by atoms with Gasteiger partial charge in [-0.05, 0) is 59.1 Å². The van der Waals surface area contributed by atoms with Crippen LogP contribution in [0, 0.1) is 5.82 Å². The van der Waals surface area contributed by atoms with Gasteiger partial charge < -0.3 is 30.5 Å². The van der Waals surface area contributed by atoms with Gasteiger partial charge in [-0.15, -0.1) is 0 Å². The third kappa shape index (κ3) is 9.97. The van der Waals surface area contributed by atoms with Crippen molar-refractivity contribution in [3.05, 3.63) is 72.0 Å². The minimum atomic E-state index is -2.90. The zero-order valence-electron chi connectivity index (χ0n) is 24.8. The maximum absolute atomic E-state index is 15.8. The second kappa shape index (κ2) is 17.9. The van der Waals surface area contributed by atoms with Crippen LogP contribution in [0.15, 0.2) is 70.6 Å². The van der Waals surface area contributed by atoms with E-state index in [0.717, 1.165) is 6.20 Å². The summed E-state index contributed by atoms with van der Waals surface area (Å²) in [5.74, 6) is -1.36. The molecule has 1 unspecified atom stereocenters. The Morgan fingerprint density at radius 1 is 1.29 bits per heavy atom. The number of alkyl halides is 2. The van der Waals surface area contributed by atoms with Gasteiger partial charge in [0.1, 0.15) is 5.82 Å². The molecule has 230 valence electrons. The Morgan fingerprint density at radius 2 is 2.05 bits per heavy atom. The number of ether oxygens (including phenoxy) is 1. The fraction of sp³-hybridized carbons (Fsp3) is 0.433. The highest BCUT2D eigenvalue weighted by molar-refractivity contribution is 6.12. The molecule has 0 aliphatic carbocycles. The molecule has 1 aromatic rings. The van der Waals surface area contributed by atoms with Gasteiger partial charge in [0, 0.05) is 55.8 Å². The fourth-order valence-electron chi connectivity index (χ4n) is 4.26. The maximum Gasteiger partial charge on any atom is 0.264 e. The molecule has 3 N–H and O–H groups in total. The molecule has 1 aliphatic rings. The molecule has 1 fully saturated rings. The first-order chi connectivity index (χ1) is 20.2. The van der Waals surface area contributed by atoms with Gasteiger partial charge in [-0.2, -0.15) is 0 Å². The van der Waals surface area contributed by atoms with Crippen LogP contribution in [0.2, 0.25) is 0 Å². The minimum absolute atomic E-state index is 0.0983. The molecule has 9 nitrogen and oxygen atoms in total. The van der Waals surface area contributed by atoms with E-state index in [4.69, 9.17) is 4.74 Å². The van der Waals surface area contributed by atoms with Crippen LogP contribution in [0.1, 0.15) is 19.4 Å². The molecule has 0 saturated carbocycles. The van der Waals surface area contributed by atoms with Gasteiger partial charge in [0.15, 0.2) is 0 Å². The zero-order valence-corrected chi connectivity index (χ0v) is 24.8. The molecule has 1 atom stereocenters. The van der Waals surface area contributed by atoms with Crippen LogP contribution in [-0.4, -0.2) is 95.7 Å². The number of nitrogens with zero attached hydrogens (tertiary/aromatic N) is 4. The van der Waals surface area contributed by atoms with Crippen LogP contribution in [0.5, 0.6) is 0 Å². The number of likely N-dealkylation sites (N-methyl/N-ethyl adjacent to an activating group) is 2. The van der Waals surface area contributed by atoms with Gasteiger partial charge in [-0.25, -0.2) is 13.2 Å². The number of carbonyl (C=O) groups excluding carboxylic acids is 1. The number of carbonyl (C=O) groups is 1. The molecule has 0 bridgehead atoms. The fourth-order valence-corrected chi connectivity index (χ4v) is 4.26. The topological polar surface area (TPSA) is 93.6 Å². The Bertz CT molecular complexity index is 1200. The summed E-state index contributed by atoms with van der Waals surface area (Å²) in [4.78, 5) is 25.8. The lowest BCUT2D eigenvalue weighted by Gasteiger charge is -2.39. The lowest BCUT2D eigenvalue weighted by Crippen LogP contribution is -2.50. The Balaban J connectivity index is 2.60. The molecule has 1 saturated heterocycles. The molecule has 1 heterocycles. The maximum atomic E-state index is 15.8. The van der Waals surface area contributed by atoms with E-state index in [9.17, 15) is 13.6 Å². The molecule has 1 aromatic carbocycles. The van der Waals surface area contributed by atoms with Crippen molar-refractivity contribution in [2.24, 2.45) is 9.98 Å². The third-order valence-electron chi connectivity index (χ3n) is 6.71. The number of allylic oxidation sites excluding steroid dienone is 2. The van der Waals surface area contributed by atoms with Gasteiger partial charge in [-0.1, -0.05) is 12.7 Å². The van der Waals surface area contributed by atoms with Crippen molar-refractivity contribution in [1.82, 2.24) is 15.5 Å². The zero-order chi connectivity index (χ0) is 31.1. The first-order valence-corrected chi connectivity index (χ1v) is 13.7. The van der Waals surface area contributed by atoms with Crippen molar-refractivity contribution in [2.75, 3.05) is 70.2 Å². The highest BCUT2D eigenvalue weighted by Gasteiger charge is 2.27. The van der Waals surface area contributed by atoms with Crippen molar-refractivity contribution < 1.29 is 22.7 Å². The van der Waals surface area contributed by atoms with E-state index in [1.807, 2.05) is 25.9 Å². The predicted octanol–water partition coefficient (Wildman–Crippen LogP) is 3.97. The second-order valence-corrected chi connectivity index (χ2v) is 9.53. The van der Waals surface area contributed by atoms with Crippen molar-refractivity contribution in [3.8, 4) is 0 Å². The summed E-state index contributed by atoms with van der Waals surface area (Å²) in [6.07, 6.45) is 3.60. The van der Waals surface area contributed by atoms with E-state index >= 15 is 4.39 Å². The summed E-state index contributed by atoms with van der Waals surface area (Å²) in [5, 5.41) is 8.35. The second-order valence-electron chi connectivity index (χ2n) is 9.53. The highest BCUT2D eigenvalue weighted by Crippen LogP contribution is 2.33. The largest absolute Gasteiger partial charge is 0.378 e. The molecule has 0 aromatic heterocycles. The molecule has 42 heavy (non-hydrogen) atoms. The number of hydrogen-bond acceptors (Lipinski definition) is 8. The molecule has 0 radical (unpaired) electrons. The predicted molar refractivity (Wildman–Crippen MR) is 165 cm³/mol. The quantitative estimate of drug-likeness (QED) is 0.117. The number of aliphatic imine (C=N–C) groups is 2. The Morgan fingerprint density at radius 3 is 2.67 bits per heavy atom. The van der Waals surface area contributed by atoms with Gasteiger partial charge in [-0.3, -0.25) is 14.8 Å². The molecule has 1 aliphatic heterocycles. The number of rotatable bonds is 16. The number of piperazine rings is 1. The normalized spacial score (nSPS) is 17.2. The molecule has 2 rings (SSSR count). The van der Waals surface area contributed by atoms with Gasteiger partial charge in [0.25, 0.3) is 12.3 Å². The summed E-state index contributed by atoms with van der Waals surface area (Å²) in [6, 6.07) is 2.97. The molecule has 1 amide bonds. The van der Waals surface area contributed by atoms with Crippen LogP contribution in [0.25, 0.3) is 0 Å². The molecule has 12 heteroatoms. The minimum Gasteiger partial charge on any atom is -0.378 e. The molecular formula is C30H42F3N7O2. The van der Waals surface area contributed by atoms with E-state index in [1.54, 1.807) is 0 Å². The lowest BCUT2D eigenvalue weighted by molar-refractivity contribution is -0.112. The van der Waals surface area contributed by atoms with Crippen molar-refractivity contribution in [1.29, 1.82) is 0 Å². The number of anilines is 2. The van der Waals surface area contributed by atoms with Crippen LogP contribution >= 0.6 is 0 Å². The number of benzene rings is 1. The van der Waals surface area contributed by atoms with Crippen molar-refractivity contribution >= 4 is 29.7 Å². The van der Waals surface area contributed by atoms with E-state index in [-0.39, 0.29) is 35.1 Å². The number of hydrogen-bond donors (Lipinski definition) is 3.